The third-order valence-electron chi connectivity index (χ3n) is 5.28. The first-order valence-corrected chi connectivity index (χ1v) is 11.4. The van der Waals surface area contributed by atoms with Gasteiger partial charge in [0.2, 0.25) is 10.0 Å². The van der Waals surface area contributed by atoms with Gasteiger partial charge in [0.1, 0.15) is 30.4 Å². The second kappa shape index (κ2) is 8.90. The van der Waals surface area contributed by atoms with E-state index in [2.05, 4.69) is 15.3 Å². The van der Waals surface area contributed by atoms with Gasteiger partial charge in [-0.15, -0.1) is 5.10 Å². The number of aryl methyl sites for hydroxylation is 1. The Kier molecular flexibility index (Phi) is 6.16. The lowest BCUT2D eigenvalue weighted by Gasteiger charge is -2.15. The fourth-order valence-corrected chi connectivity index (χ4v) is 4.07. The molecule has 0 spiro atoms. The quantitative estimate of drug-likeness (QED) is 0.390. The van der Waals surface area contributed by atoms with Crippen LogP contribution in [0.1, 0.15) is 29.9 Å². The molecule has 14 heteroatoms. The average molecular weight is 478 g/mol. The first-order chi connectivity index (χ1) is 15.7. The van der Waals surface area contributed by atoms with Crippen LogP contribution in [0.4, 0.5) is 0 Å². The van der Waals surface area contributed by atoms with Gasteiger partial charge < -0.3 is 14.6 Å². The molecule has 176 valence electrons. The number of aliphatic hydroxyl groups excluding tert-OH is 1. The van der Waals surface area contributed by atoms with E-state index in [1.165, 1.54) is 39.7 Å². The normalized spacial score (nSPS) is 20.8. The second-order valence-electron chi connectivity index (χ2n) is 7.59. The van der Waals surface area contributed by atoms with E-state index in [4.69, 9.17) is 14.6 Å². The molecule has 0 unspecified atom stereocenters. The predicted molar refractivity (Wildman–Crippen MR) is 113 cm³/mol. The summed E-state index contributed by atoms with van der Waals surface area (Å²) in [7, 11) is -3.78. The molecule has 0 bridgehead atoms. The summed E-state index contributed by atoms with van der Waals surface area (Å²) in [6.07, 6.45) is 2.03. The van der Waals surface area contributed by atoms with Gasteiger partial charge in [-0.3, -0.25) is 14.3 Å². The largest absolute Gasteiger partial charge is 0.487 e. The first kappa shape index (κ1) is 22.8. The van der Waals surface area contributed by atoms with Gasteiger partial charge in [0.15, 0.2) is 0 Å². The summed E-state index contributed by atoms with van der Waals surface area (Å²) in [6, 6.07) is 5.22. The Hall–Kier alpha value is -3.33. The third-order valence-corrected chi connectivity index (χ3v) is 6.21. The van der Waals surface area contributed by atoms with Gasteiger partial charge in [0.25, 0.3) is 5.56 Å². The number of nitrogens with one attached hydrogen (secondary N) is 1. The lowest BCUT2D eigenvalue weighted by atomic mass is 10.1. The van der Waals surface area contributed by atoms with Crippen molar-refractivity contribution in [3.8, 4) is 5.75 Å². The summed E-state index contributed by atoms with van der Waals surface area (Å²) in [5.74, 6) is 0.419. The molecule has 0 amide bonds. The number of hydrogen-bond donors (Lipinski definition) is 3. The molecule has 0 saturated carbocycles. The number of benzene rings is 1. The number of hydrogen-bond acceptors (Lipinski definition) is 9. The van der Waals surface area contributed by atoms with Gasteiger partial charge in [-0.25, -0.2) is 23.0 Å². The monoisotopic (exact) mass is 478 g/mol. The SMILES string of the molecule is Cc1cn([C@H]2C[C@@H](n3cc(COc4ccc(S(N)(=O)=O)cc4)nn3)[C@@H](CO)O2)c(=O)[nH]c1=O. The zero-order chi connectivity index (χ0) is 23.8. The maximum Gasteiger partial charge on any atom is 0.330 e. The summed E-state index contributed by atoms with van der Waals surface area (Å²) in [5, 5.41) is 23.0. The lowest BCUT2D eigenvalue weighted by molar-refractivity contribution is -0.0323. The van der Waals surface area contributed by atoms with Gasteiger partial charge in [-0.1, -0.05) is 5.21 Å². The number of H-pyrrole nitrogens is 1. The minimum Gasteiger partial charge on any atom is -0.487 e. The van der Waals surface area contributed by atoms with Crippen molar-refractivity contribution in [3.63, 3.8) is 0 Å². The number of nitrogens with zero attached hydrogens (tertiary/aromatic N) is 4. The Labute approximate surface area is 187 Å². The molecule has 0 aliphatic carbocycles. The van der Waals surface area contributed by atoms with Crippen LogP contribution in [-0.4, -0.2) is 50.8 Å². The summed E-state index contributed by atoms with van der Waals surface area (Å²) in [6.45, 7) is 1.34. The molecule has 4 N–H and O–H groups in total. The molecule has 1 fully saturated rings. The zero-order valence-electron chi connectivity index (χ0n) is 17.5. The van der Waals surface area contributed by atoms with Crippen molar-refractivity contribution in [1.82, 2.24) is 24.5 Å². The minimum absolute atomic E-state index is 0.0246. The molecule has 2 aromatic heterocycles. The van der Waals surface area contributed by atoms with Crippen molar-refractivity contribution in [2.45, 2.75) is 43.2 Å². The van der Waals surface area contributed by atoms with Crippen LogP contribution in [0.3, 0.4) is 0 Å². The topological polar surface area (TPSA) is 184 Å². The van der Waals surface area contributed by atoms with Crippen LogP contribution in [0.25, 0.3) is 0 Å². The van der Waals surface area contributed by atoms with Crippen molar-refractivity contribution < 1.29 is 23.0 Å². The van der Waals surface area contributed by atoms with Gasteiger partial charge >= 0.3 is 5.69 Å². The van der Waals surface area contributed by atoms with E-state index < -0.39 is 39.6 Å². The van der Waals surface area contributed by atoms with E-state index in [1.54, 1.807) is 13.1 Å². The van der Waals surface area contributed by atoms with Gasteiger partial charge in [0.05, 0.1) is 23.7 Å². The van der Waals surface area contributed by atoms with Crippen LogP contribution >= 0.6 is 0 Å². The Morgan fingerprint density at radius 1 is 1.27 bits per heavy atom. The predicted octanol–water partition coefficient (Wildman–Crippen LogP) is -0.816. The van der Waals surface area contributed by atoms with Crippen LogP contribution in [-0.2, 0) is 21.4 Å². The first-order valence-electron chi connectivity index (χ1n) is 9.90. The van der Waals surface area contributed by atoms with E-state index in [9.17, 15) is 23.1 Å². The fourth-order valence-electron chi connectivity index (χ4n) is 3.55. The van der Waals surface area contributed by atoms with E-state index >= 15 is 0 Å². The molecule has 33 heavy (non-hydrogen) atoms. The Morgan fingerprint density at radius 2 is 2.00 bits per heavy atom. The highest BCUT2D eigenvalue weighted by molar-refractivity contribution is 7.89. The molecule has 1 aromatic carbocycles. The highest BCUT2D eigenvalue weighted by Gasteiger charge is 2.38. The summed E-state index contributed by atoms with van der Waals surface area (Å²) < 4.78 is 36.9. The van der Waals surface area contributed by atoms with E-state index in [0.29, 0.717) is 23.4 Å². The maximum absolute atomic E-state index is 12.2. The second-order valence-corrected chi connectivity index (χ2v) is 9.15. The summed E-state index contributed by atoms with van der Waals surface area (Å²) in [5.41, 5.74) is -0.221. The van der Waals surface area contributed by atoms with E-state index in [-0.39, 0.29) is 18.1 Å². The summed E-state index contributed by atoms with van der Waals surface area (Å²) >= 11 is 0. The van der Waals surface area contributed by atoms with Crippen molar-refractivity contribution in [3.05, 3.63) is 68.8 Å². The highest BCUT2D eigenvalue weighted by Crippen LogP contribution is 2.35. The molecule has 3 aromatic rings. The molecule has 3 heterocycles. The number of ether oxygens (including phenoxy) is 2. The standard InChI is InChI=1S/C19H22N6O7S/c1-11-7-24(19(28)21-18(11)27)17-6-15(16(9-26)32-17)25-8-12(22-23-25)10-31-13-2-4-14(5-3-13)33(20,29)30/h2-5,7-8,15-17,26H,6,9-10H2,1H3,(H2,20,29,30)(H,21,27,28)/t15-,16-,17-/m1/s1. The third kappa shape index (κ3) is 4.88. The molecule has 0 radical (unpaired) electrons. The number of primary sulfonamides is 1. The minimum atomic E-state index is -3.78. The Morgan fingerprint density at radius 3 is 2.67 bits per heavy atom. The highest BCUT2D eigenvalue weighted by atomic mass is 32.2. The van der Waals surface area contributed by atoms with Crippen LogP contribution < -0.4 is 21.1 Å². The number of aliphatic hydroxyl groups is 1. The molecule has 4 rings (SSSR count). The van der Waals surface area contributed by atoms with Gasteiger partial charge in [-0.05, 0) is 31.2 Å². The van der Waals surface area contributed by atoms with Gasteiger partial charge in [0, 0.05) is 18.2 Å². The smallest absolute Gasteiger partial charge is 0.330 e. The fraction of sp³-hybridized carbons (Fsp3) is 0.368. The van der Waals surface area contributed by atoms with Crippen LogP contribution in [0.2, 0.25) is 0 Å². The van der Waals surface area contributed by atoms with Crippen molar-refractivity contribution in [2.75, 3.05) is 6.61 Å². The average Bonchev–Trinajstić information content (AvgIpc) is 3.41. The summed E-state index contributed by atoms with van der Waals surface area (Å²) in [4.78, 5) is 26.0. The number of aromatic nitrogens is 5. The van der Waals surface area contributed by atoms with E-state index in [1.807, 2.05) is 0 Å². The molecule has 1 aliphatic rings. The van der Waals surface area contributed by atoms with Crippen molar-refractivity contribution >= 4 is 10.0 Å². The number of rotatable bonds is 7. The molecule has 1 aliphatic heterocycles. The number of aromatic amines is 1. The van der Waals surface area contributed by atoms with Gasteiger partial charge in [-0.2, -0.15) is 0 Å². The number of nitrogens with two attached hydrogens (primary N) is 1. The van der Waals surface area contributed by atoms with Crippen LogP contribution in [0, 0.1) is 6.92 Å². The Bertz CT molecular complexity index is 1360. The number of sulfonamides is 1. The van der Waals surface area contributed by atoms with Crippen molar-refractivity contribution in [2.24, 2.45) is 5.14 Å². The van der Waals surface area contributed by atoms with Crippen LogP contribution in [0.15, 0.2) is 51.1 Å². The van der Waals surface area contributed by atoms with Crippen molar-refractivity contribution in [1.29, 1.82) is 0 Å². The molecular formula is C19H22N6O7S. The molecular weight excluding hydrogens is 456 g/mol. The van der Waals surface area contributed by atoms with Crippen LogP contribution in [0.5, 0.6) is 5.75 Å². The lowest BCUT2D eigenvalue weighted by Crippen LogP contribution is -2.33. The molecule has 1 saturated heterocycles. The molecule has 13 nitrogen and oxygen atoms in total. The maximum atomic E-state index is 12.2. The Balaban J connectivity index is 1.45. The zero-order valence-corrected chi connectivity index (χ0v) is 18.3. The molecule has 3 atom stereocenters. The van der Waals surface area contributed by atoms with E-state index in [0.717, 1.165) is 0 Å².